The summed E-state index contributed by atoms with van der Waals surface area (Å²) >= 11 is 0. The number of rotatable bonds is 8. The molecule has 0 aliphatic heterocycles. The minimum Gasteiger partial charge on any atom is -0.493 e. The van der Waals surface area contributed by atoms with Gasteiger partial charge in [0, 0.05) is 6.54 Å². The highest BCUT2D eigenvalue weighted by molar-refractivity contribution is 5.37. The van der Waals surface area contributed by atoms with E-state index in [-0.39, 0.29) is 10.8 Å². The molecule has 0 amide bonds. The van der Waals surface area contributed by atoms with Crippen LogP contribution >= 0.6 is 0 Å². The molecule has 1 aliphatic carbocycles. The zero-order valence-electron chi connectivity index (χ0n) is 19.0. The predicted molar refractivity (Wildman–Crippen MR) is 116 cm³/mol. The van der Waals surface area contributed by atoms with Gasteiger partial charge in [-0.25, -0.2) is 0 Å². The van der Waals surface area contributed by atoms with E-state index >= 15 is 0 Å². The predicted octanol–water partition coefficient (Wildman–Crippen LogP) is 5.44. The molecular formula is C24H37N3O2. The molecule has 5 nitrogen and oxygen atoms in total. The molecule has 0 unspecified atom stereocenters. The van der Waals surface area contributed by atoms with Crippen molar-refractivity contribution in [2.24, 2.45) is 11.3 Å². The normalized spacial score (nSPS) is 16.7. The van der Waals surface area contributed by atoms with Crippen LogP contribution in [0.25, 0.3) is 0 Å². The molecule has 0 atom stereocenters. The van der Waals surface area contributed by atoms with Gasteiger partial charge in [-0.3, -0.25) is 4.90 Å². The monoisotopic (exact) mass is 399 g/mol. The van der Waals surface area contributed by atoms with Crippen LogP contribution in [0.1, 0.15) is 77.6 Å². The lowest BCUT2D eigenvalue weighted by Crippen LogP contribution is -2.29. The van der Waals surface area contributed by atoms with Gasteiger partial charge in [-0.05, 0) is 48.9 Å². The SMILES string of the molecule is CC(C)COc1ccc(C2(c3noc(CN(C)CC(C)(C)C)n3)CCCC2)cc1. The van der Waals surface area contributed by atoms with Gasteiger partial charge in [-0.2, -0.15) is 4.98 Å². The van der Waals surface area contributed by atoms with Crippen LogP contribution in [0.5, 0.6) is 5.75 Å². The average molecular weight is 400 g/mol. The number of nitrogens with zero attached hydrogens (tertiary/aromatic N) is 3. The Kier molecular flexibility index (Phi) is 6.67. The minimum absolute atomic E-state index is 0.138. The molecule has 0 saturated heterocycles. The molecule has 1 aromatic heterocycles. The van der Waals surface area contributed by atoms with Gasteiger partial charge in [0.15, 0.2) is 5.82 Å². The highest BCUT2D eigenvalue weighted by Crippen LogP contribution is 2.45. The van der Waals surface area contributed by atoms with Crippen molar-refractivity contribution in [1.82, 2.24) is 15.0 Å². The van der Waals surface area contributed by atoms with Gasteiger partial charge in [0.2, 0.25) is 5.89 Å². The van der Waals surface area contributed by atoms with Gasteiger partial charge in [0.1, 0.15) is 5.75 Å². The molecule has 1 fully saturated rings. The zero-order chi connectivity index (χ0) is 21.1. The summed E-state index contributed by atoms with van der Waals surface area (Å²) in [7, 11) is 2.11. The Morgan fingerprint density at radius 1 is 1.14 bits per heavy atom. The second kappa shape index (κ2) is 8.86. The van der Waals surface area contributed by atoms with Gasteiger partial charge in [0.05, 0.1) is 18.6 Å². The van der Waals surface area contributed by atoms with Crippen molar-refractivity contribution < 1.29 is 9.26 Å². The fourth-order valence-corrected chi connectivity index (χ4v) is 4.36. The average Bonchev–Trinajstić information content (AvgIpc) is 3.29. The van der Waals surface area contributed by atoms with Crippen molar-refractivity contribution in [2.75, 3.05) is 20.2 Å². The molecule has 1 aliphatic rings. The van der Waals surface area contributed by atoms with Crippen LogP contribution in [-0.2, 0) is 12.0 Å². The molecule has 3 rings (SSSR count). The molecule has 1 aromatic carbocycles. The molecule has 1 heterocycles. The highest BCUT2D eigenvalue weighted by Gasteiger charge is 2.41. The molecule has 29 heavy (non-hydrogen) atoms. The molecule has 0 N–H and O–H groups in total. The van der Waals surface area contributed by atoms with Crippen LogP contribution in [-0.4, -0.2) is 35.2 Å². The second-order valence-electron chi connectivity index (χ2n) is 10.3. The van der Waals surface area contributed by atoms with Gasteiger partial charge in [-0.15, -0.1) is 0 Å². The Bertz CT molecular complexity index is 768. The third kappa shape index (κ3) is 5.59. The topological polar surface area (TPSA) is 51.4 Å². The lowest BCUT2D eigenvalue weighted by molar-refractivity contribution is 0.197. The second-order valence-corrected chi connectivity index (χ2v) is 10.3. The van der Waals surface area contributed by atoms with Crippen molar-refractivity contribution >= 4 is 0 Å². The van der Waals surface area contributed by atoms with Gasteiger partial charge in [-0.1, -0.05) is 64.7 Å². The summed E-state index contributed by atoms with van der Waals surface area (Å²) in [5.74, 6) is 2.98. The Labute approximate surface area is 175 Å². The summed E-state index contributed by atoms with van der Waals surface area (Å²) < 4.78 is 11.5. The first kappa shape index (κ1) is 21.8. The van der Waals surface area contributed by atoms with Crippen LogP contribution < -0.4 is 4.74 Å². The minimum atomic E-state index is -0.138. The molecule has 5 heteroatoms. The summed E-state index contributed by atoms with van der Waals surface area (Å²) in [6.07, 6.45) is 4.52. The first-order valence-electron chi connectivity index (χ1n) is 10.9. The molecule has 0 bridgehead atoms. The molecule has 0 radical (unpaired) electrons. The van der Waals surface area contributed by atoms with Gasteiger partial charge in [0.25, 0.3) is 0 Å². The Balaban J connectivity index is 1.76. The smallest absolute Gasteiger partial charge is 0.240 e. The highest BCUT2D eigenvalue weighted by atomic mass is 16.5. The maximum absolute atomic E-state index is 5.86. The van der Waals surface area contributed by atoms with E-state index in [2.05, 4.69) is 76.0 Å². The van der Waals surface area contributed by atoms with Crippen LogP contribution in [0.4, 0.5) is 0 Å². The maximum atomic E-state index is 5.86. The van der Waals surface area contributed by atoms with Crippen LogP contribution in [0.3, 0.4) is 0 Å². The van der Waals surface area contributed by atoms with Crippen molar-refractivity contribution in [3.63, 3.8) is 0 Å². The third-order valence-corrected chi connectivity index (χ3v) is 5.49. The first-order chi connectivity index (χ1) is 13.7. The van der Waals surface area contributed by atoms with E-state index in [0.29, 0.717) is 18.4 Å². The Morgan fingerprint density at radius 3 is 2.38 bits per heavy atom. The standard InChI is InChI=1S/C24H37N3O2/c1-18(2)16-28-20-11-9-19(10-12-20)24(13-7-8-14-24)22-25-21(29-26-22)15-27(6)17-23(3,4)5/h9-12,18H,7-8,13-17H2,1-6H3. The van der Waals surface area contributed by atoms with Crippen LogP contribution in [0.2, 0.25) is 0 Å². The summed E-state index contributed by atoms with van der Waals surface area (Å²) in [6.45, 7) is 13.4. The van der Waals surface area contributed by atoms with Crippen molar-refractivity contribution in [2.45, 2.75) is 72.3 Å². The Hall–Kier alpha value is -1.88. The fraction of sp³-hybridized carbons (Fsp3) is 0.667. The van der Waals surface area contributed by atoms with E-state index in [0.717, 1.165) is 37.6 Å². The Morgan fingerprint density at radius 2 is 1.79 bits per heavy atom. The zero-order valence-corrected chi connectivity index (χ0v) is 19.0. The first-order valence-corrected chi connectivity index (χ1v) is 10.9. The number of ether oxygens (including phenoxy) is 1. The van der Waals surface area contributed by atoms with Gasteiger partial charge < -0.3 is 9.26 Å². The van der Waals surface area contributed by atoms with Crippen LogP contribution in [0.15, 0.2) is 28.8 Å². The van der Waals surface area contributed by atoms with E-state index in [1.807, 2.05) is 0 Å². The summed E-state index contributed by atoms with van der Waals surface area (Å²) in [5.41, 5.74) is 1.37. The maximum Gasteiger partial charge on any atom is 0.240 e. The van der Waals surface area contributed by atoms with E-state index in [9.17, 15) is 0 Å². The lowest BCUT2D eigenvalue weighted by atomic mass is 9.78. The van der Waals surface area contributed by atoms with Crippen molar-refractivity contribution in [3.05, 3.63) is 41.5 Å². The largest absolute Gasteiger partial charge is 0.493 e. The van der Waals surface area contributed by atoms with E-state index in [1.165, 1.54) is 18.4 Å². The van der Waals surface area contributed by atoms with Crippen LogP contribution in [0, 0.1) is 11.3 Å². The van der Waals surface area contributed by atoms with E-state index in [4.69, 9.17) is 14.2 Å². The third-order valence-electron chi connectivity index (χ3n) is 5.49. The lowest BCUT2D eigenvalue weighted by Gasteiger charge is -2.26. The molecule has 2 aromatic rings. The quantitative estimate of drug-likeness (QED) is 0.591. The number of hydrogen-bond donors (Lipinski definition) is 0. The summed E-state index contributed by atoms with van der Waals surface area (Å²) in [4.78, 5) is 7.09. The molecule has 1 saturated carbocycles. The molecule has 160 valence electrons. The van der Waals surface area contributed by atoms with E-state index in [1.54, 1.807) is 0 Å². The summed E-state index contributed by atoms with van der Waals surface area (Å²) in [6, 6.07) is 8.53. The summed E-state index contributed by atoms with van der Waals surface area (Å²) in [5, 5.41) is 4.43. The number of benzene rings is 1. The van der Waals surface area contributed by atoms with E-state index < -0.39 is 0 Å². The number of aromatic nitrogens is 2. The number of hydrogen-bond acceptors (Lipinski definition) is 5. The van der Waals surface area contributed by atoms with Crippen molar-refractivity contribution in [1.29, 1.82) is 0 Å². The molecule has 0 spiro atoms. The van der Waals surface area contributed by atoms with Crippen molar-refractivity contribution in [3.8, 4) is 5.75 Å². The molecular weight excluding hydrogens is 362 g/mol. The van der Waals surface area contributed by atoms with Gasteiger partial charge >= 0.3 is 0 Å². The fourth-order valence-electron chi connectivity index (χ4n) is 4.36.